The summed E-state index contributed by atoms with van der Waals surface area (Å²) in [4.78, 5) is 14.9. The molecule has 0 spiro atoms. The Bertz CT molecular complexity index is 806. The molecule has 0 aliphatic carbocycles. The highest BCUT2D eigenvalue weighted by Gasteiger charge is 2.20. The van der Waals surface area contributed by atoms with Gasteiger partial charge in [0.1, 0.15) is 0 Å². The summed E-state index contributed by atoms with van der Waals surface area (Å²) in [5, 5.41) is 3.06. The first kappa shape index (κ1) is 16.9. The highest BCUT2D eigenvalue weighted by atomic mass is 16.7. The van der Waals surface area contributed by atoms with Gasteiger partial charge in [-0.15, -0.1) is 0 Å². The number of ether oxygens (including phenoxy) is 2. The van der Waals surface area contributed by atoms with E-state index in [0.717, 1.165) is 35.6 Å². The van der Waals surface area contributed by atoms with E-state index >= 15 is 0 Å². The predicted molar refractivity (Wildman–Crippen MR) is 101 cm³/mol. The van der Waals surface area contributed by atoms with Crippen molar-refractivity contribution in [3.05, 3.63) is 48.0 Å². The third kappa shape index (κ3) is 3.53. The maximum atomic E-state index is 12.5. The molecule has 0 unspecified atom stereocenters. The van der Waals surface area contributed by atoms with Crippen molar-refractivity contribution in [3.63, 3.8) is 0 Å². The first-order chi connectivity index (χ1) is 12.7. The van der Waals surface area contributed by atoms with Crippen LogP contribution in [0.3, 0.4) is 0 Å². The fourth-order valence-corrected chi connectivity index (χ4v) is 3.71. The van der Waals surface area contributed by atoms with Crippen LogP contribution in [0.1, 0.15) is 29.6 Å². The topological polar surface area (TPSA) is 50.8 Å². The molecule has 1 atom stereocenters. The van der Waals surface area contributed by atoms with Crippen LogP contribution >= 0.6 is 0 Å². The Morgan fingerprint density at radius 3 is 2.85 bits per heavy atom. The van der Waals surface area contributed by atoms with E-state index in [1.165, 1.54) is 12.8 Å². The van der Waals surface area contributed by atoms with Crippen molar-refractivity contribution in [3.8, 4) is 22.6 Å². The Hall–Kier alpha value is -2.53. The second kappa shape index (κ2) is 7.38. The third-order valence-corrected chi connectivity index (χ3v) is 5.27. The largest absolute Gasteiger partial charge is 0.454 e. The molecule has 2 aromatic rings. The van der Waals surface area contributed by atoms with E-state index < -0.39 is 0 Å². The van der Waals surface area contributed by atoms with Crippen molar-refractivity contribution in [2.75, 3.05) is 26.9 Å². The summed E-state index contributed by atoms with van der Waals surface area (Å²) in [5.41, 5.74) is 2.68. The highest BCUT2D eigenvalue weighted by Crippen LogP contribution is 2.36. The first-order valence-electron chi connectivity index (χ1n) is 9.19. The molecule has 4 rings (SSSR count). The van der Waals surface area contributed by atoms with Gasteiger partial charge in [-0.2, -0.15) is 0 Å². The number of benzene rings is 2. The van der Waals surface area contributed by atoms with Gasteiger partial charge in [-0.05, 0) is 68.2 Å². The minimum atomic E-state index is -0.0201. The van der Waals surface area contributed by atoms with Crippen LogP contribution in [0.2, 0.25) is 0 Å². The van der Waals surface area contributed by atoms with Gasteiger partial charge in [0.05, 0.1) is 0 Å². The van der Waals surface area contributed by atoms with Crippen molar-refractivity contribution in [1.82, 2.24) is 10.2 Å². The van der Waals surface area contributed by atoms with Crippen LogP contribution in [0.4, 0.5) is 0 Å². The van der Waals surface area contributed by atoms with Gasteiger partial charge < -0.3 is 19.7 Å². The molecule has 2 aromatic carbocycles. The number of nitrogens with one attached hydrogen (secondary N) is 1. The number of carbonyl (C=O) groups excluding carboxylic acids is 1. The molecule has 1 amide bonds. The Kier molecular flexibility index (Phi) is 4.80. The first-order valence-corrected chi connectivity index (χ1v) is 9.19. The normalized spacial score (nSPS) is 18.9. The fourth-order valence-electron chi connectivity index (χ4n) is 3.71. The van der Waals surface area contributed by atoms with Gasteiger partial charge in [0, 0.05) is 18.2 Å². The molecule has 2 heterocycles. The van der Waals surface area contributed by atoms with Crippen molar-refractivity contribution in [2.24, 2.45) is 0 Å². The van der Waals surface area contributed by atoms with E-state index in [1.54, 1.807) is 0 Å². The van der Waals surface area contributed by atoms with Crippen molar-refractivity contribution in [1.29, 1.82) is 0 Å². The minimum absolute atomic E-state index is 0.0201. The lowest BCUT2D eigenvalue weighted by molar-refractivity contribution is 0.0950. The molecule has 5 heteroatoms. The molecule has 1 N–H and O–H groups in total. The average Bonchev–Trinajstić information content (AvgIpc) is 3.30. The smallest absolute Gasteiger partial charge is 0.251 e. The lowest BCUT2D eigenvalue weighted by Crippen LogP contribution is -2.31. The van der Waals surface area contributed by atoms with Gasteiger partial charge in [-0.3, -0.25) is 4.79 Å². The molecule has 136 valence electrons. The molecular formula is C21H24N2O3. The third-order valence-electron chi connectivity index (χ3n) is 5.27. The molecule has 1 fully saturated rings. The van der Waals surface area contributed by atoms with Gasteiger partial charge in [0.25, 0.3) is 5.91 Å². The number of hydrogen-bond acceptors (Lipinski definition) is 4. The molecule has 26 heavy (non-hydrogen) atoms. The van der Waals surface area contributed by atoms with Crippen LogP contribution in [0, 0.1) is 0 Å². The molecule has 2 aliphatic heterocycles. The van der Waals surface area contributed by atoms with Gasteiger partial charge in [0.2, 0.25) is 6.79 Å². The zero-order valence-electron chi connectivity index (χ0n) is 15.0. The van der Waals surface area contributed by atoms with E-state index in [9.17, 15) is 4.79 Å². The number of hydrogen-bond donors (Lipinski definition) is 1. The average molecular weight is 352 g/mol. The Morgan fingerprint density at radius 1 is 1.15 bits per heavy atom. The van der Waals surface area contributed by atoms with Gasteiger partial charge in [-0.1, -0.05) is 18.2 Å². The van der Waals surface area contributed by atoms with Crippen LogP contribution in [0.15, 0.2) is 42.5 Å². The molecule has 0 saturated carbocycles. The summed E-state index contributed by atoms with van der Waals surface area (Å²) in [6.45, 7) is 2.13. The van der Waals surface area contributed by atoms with Crippen LogP contribution in [-0.2, 0) is 0 Å². The van der Waals surface area contributed by atoms with Crippen molar-refractivity contribution in [2.45, 2.75) is 25.3 Å². The Labute approximate surface area is 153 Å². The predicted octanol–water partition coefficient (Wildman–Crippen LogP) is 3.30. The van der Waals surface area contributed by atoms with E-state index in [4.69, 9.17) is 9.47 Å². The summed E-state index contributed by atoms with van der Waals surface area (Å²) < 4.78 is 10.8. The number of amides is 1. The Balaban J connectivity index is 1.41. The standard InChI is InChI=1S/C21H24N2O3/c1-23-11-3-6-18(23)9-10-22-21(24)17-5-2-4-15(12-17)16-7-8-19-20(13-16)26-14-25-19/h2,4-5,7-8,12-13,18H,3,6,9-11,14H2,1H3,(H,22,24)/t18-/m1/s1. The number of rotatable bonds is 5. The van der Waals surface area contributed by atoms with Gasteiger partial charge in [0.15, 0.2) is 11.5 Å². The summed E-state index contributed by atoms with van der Waals surface area (Å²) in [5.74, 6) is 1.49. The Morgan fingerprint density at radius 2 is 2.00 bits per heavy atom. The number of fused-ring (bicyclic) bond motifs is 1. The molecule has 0 aromatic heterocycles. The minimum Gasteiger partial charge on any atom is -0.454 e. The SMILES string of the molecule is CN1CCC[C@@H]1CCNC(=O)c1cccc(-c2ccc3c(c2)OCO3)c1. The quantitative estimate of drug-likeness (QED) is 0.897. The maximum Gasteiger partial charge on any atom is 0.251 e. The number of likely N-dealkylation sites (tertiary alicyclic amines) is 1. The summed E-state index contributed by atoms with van der Waals surface area (Å²) >= 11 is 0. The number of nitrogens with zero attached hydrogens (tertiary/aromatic N) is 1. The van der Waals surface area contributed by atoms with E-state index in [0.29, 0.717) is 18.2 Å². The monoisotopic (exact) mass is 352 g/mol. The van der Waals surface area contributed by atoms with Crippen LogP contribution in [-0.4, -0.2) is 43.8 Å². The van der Waals surface area contributed by atoms with Crippen molar-refractivity contribution < 1.29 is 14.3 Å². The van der Waals surface area contributed by atoms with Crippen LogP contribution in [0.5, 0.6) is 11.5 Å². The molecule has 0 radical (unpaired) electrons. The lowest BCUT2D eigenvalue weighted by Gasteiger charge is -2.19. The highest BCUT2D eigenvalue weighted by molar-refractivity contribution is 5.95. The molecular weight excluding hydrogens is 328 g/mol. The van der Waals surface area contributed by atoms with E-state index in [2.05, 4.69) is 17.3 Å². The lowest BCUT2D eigenvalue weighted by atomic mass is 10.0. The summed E-state index contributed by atoms with van der Waals surface area (Å²) in [6.07, 6.45) is 3.49. The maximum absolute atomic E-state index is 12.5. The molecule has 2 aliphatic rings. The summed E-state index contributed by atoms with van der Waals surface area (Å²) in [7, 11) is 2.16. The van der Waals surface area contributed by atoms with Crippen molar-refractivity contribution >= 4 is 5.91 Å². The number of carbonyl (C=O) groups is 1. The van der Waals surface area contributed by atoms with E-state index in [1.807, 2.05) is 42.5 Å². The van der Waals surface area contributed by atoms with E-state index in [-0.39, 0.29) is 12.7 Å². The second-order valence-corrected chi connectivity index (χ2v) is 6.97. The van der Waals surface area contributed by atoms with Crippen LogP contribution < -0.4 is 14.8 Å². The zero-order chi connectivity index (χ0) is 17.9. The summed E-state index contributed by atoms with van der Waals surface area (Å²) in [6, 6.07) is 14.1. The fraction of sp³-hybridized carbons (Fsp3) is 0.381. The van der Waals surface area contributed by atoms with Gasteiger partial charge >= 0.3 is 0 Å². The van der Waals surface area contributed by atoms with Crippen LogP contribution in [0.25, 0.3) is 11.1 Å². The molecule has 0 bridgehead atoms. The molecule has 1 saturated heterocycles. The second-order valence-electron chi connectivity index (χ2n) is 6.97. The molecule has 5 nitrogen and oxygen atoms in total. The van der Waals surface area contributed by atoms with Gasteiger partial charge in [-0.25, -0.2) is 0 Å². The zero-order valence-corrected chi connectivity index (χ0v) is 15.0.